The fourth-order valence-electron chi connectivity index (χ4n) is 3.48. The van der Waals surface area contributed by atoms with Crippen molar-refractivity contribution in [3.8, 4) is 0 Å². The molecule has 5 nitrogen and oxygen atoms in total. The van der Waals surface area contributed by atoms with Gasteiger partial charge in [-0.3, -0.25) is 4.79 Å². The van der Waals surface area contributed by atoms with Gasteiger partial charge in [0.15, 0.2) is 0 Å². The third-order valence-corrected chi connectivity index (χ3v) is 4.86. The summed E-state index contributed by atoms with van der Waals surface area (Å²) in [5, 5.41) is 3.01. The van der Waals surface area contributed by atoms with Gasteiger partial charge < -0.3 is 19.9 Å². The van der Waals surface area contributed by atoms with Gasteiger partial charge in [0.25, 0.3) is 0 Å². The van der Waals surface area contributed by atoms with E-state index in [0.29, 0.717) is 6.54 Å². The van der Waals surface area contributed by atoms with Crippen molar-refractivity contribution in [2.45, 2.75) is 12.5 Å². The Morgan fingerprint density at radius 1 is 1.19 bits per heavy atom. The molecule has 1 N–H and O–H groups in total. The van der Waals surface area contributed by atoms with Crippen LogP contribution in [0, 0.1) is 0 Å². The van der Waals surface area contributed by atoms with Gasteiger partial charge in [0.05, 0.1) is 6.04 Å². The number of nitrogens with zero attached hydrogens (tertiary/aromatic N) is 2. The Labute approximate surface area is 155 Å². The van der Waals surface area contributed by atoms with Gasteiger partial charge in [-0.05, 0) is 35.7 Å². The van der Waals surface area contributed by atoms with Crippen molar-refractivity contribution in [2.24, 2.45) is 0 Å². The molecule has 0 bridgehead atoms. The maximum Gasteiger partial charge on any atom is 0.246 e. The Balaban J connectivity index is 1.86. The third-order valence-electron chi connectivity index (χ3n) is 4.86. The molecule has 0 fully saturated rings. The van der Waals surface area contributed by atoms with Gasteiger partial charge in [-0.2, -0.15) is 0 Å². The van der Waals surface area contributed by atoms with Crippen LogP contribution in [0.2, 0.25) is 0 Å². The highest BCUT2D eigenvalue weighted by Gasteiger charge is 2.27. The van der Waals surface area contributed by atoms with Gasteiger partial charge in [-0.25, -0.2) is 0 Å². The van der Waals surface area contributed by atoms with Crippen molar-refractivity contribution in [2.75, 3.05) is 50.7 Å². The van der Waals surface area contributed by atoms with E-state index in [9.17, 15) is 4.79 Å². The van der Waals surface area contributed by atoms with E-state index in [1.54, 1.807) is 0 Å². The fourth-order valence-corrected chi connectivity index (χ4v) is 3.48. The Morgan fingerprint density at radius 2 is 1.92 bits per heavy atom. The molecule has 1 aliphatic rings. The molecule has 2 aromatic rings. The zero-order valence-electron chi connectivity index (χ0n) is 15.7. The van der Waals surface area contributed by atoms with Crippen LogP contribution in [0.5, 0.6) is 0 Å². The lowest BCUT2D eigenvalue weighted by Gasteiger charge is -2.31. The molecule has 5 heteroatoms. The molecule has 0 aliphatic carbocycles. The largest absolute Gasteiger partial charge is 0.378 e. The molecule has 0 radical (unpaired) electrons. The van der Waals surface area contributed by atoms with E-state index in [1.807, 2.05) is 14.1 Å². The standard InChI is InChI=1S/C21H27N3O2/c1-23(2)18-10-8-17(9-11-18)20(14-22-21(25)15-26-3)24-13-12-16-6-4-5-7-19(16)24/h4-11,20H,12-15H2,1-3H3,(H,22,25)/t20-/m1/s1. The molecule has 0 saturated heterocycles. The summed E-state index contributed by atoms with van der Waals surface area (Å²) in [6, 6.07) is 17.2. The normalized spacial score (nSPS) is 14.0. The van der Waals surface area contributed by atoms with E-state index >= 15 is 0 Å². The van der Waals surface area contributed by atoms with E-state index in [2.05, 4.69) is 63.6 Å². The van der Waals surface area contributed by atoms with Crippen LogP contribution in [-0.4, -0.2) is 46.8 Å². The van der Waals surface area contributed by atoms with Crippen LogP contribution in [0.4, 0.5) is 11.4 Å². The summed E-state index contributed by atoms with van der Waals surface area (Å²) in [4.78, 5) is 16.4. The first-order valence-corrected chi connectivity index (χ1v) is 8.97. The number of nitrogens with one attached hydrogen (secondary N) is 1. The second kappa shape index (κ2) is 8.23. The molecule has 2 aromatic carbocycles. The average molecular weight is 353 g/mol. The molecule has 26 heavy (non-hydrogen) atoms. The molecular formula is C21H27N3O2. The monoisotopic (exact) mass is 353 g/mol. The zero-order valence-corrected chi connectivity index (χ0v) is 15.7. The van der Waals surface area contributed by atoms with E-state index in [1.165, 1.54) is 23.9 Å². The molecule has 0 unspecified atom stereocenters. The first-order valence-electron chi connectivity index (χ1n) is 8.97. The number of carbonyl (C=O) groups is 1. The number of anilines is 2. The Bertz CT molecular complexity index is 743. The molecule has 0 saturated carbocycles. The number of ether oxygens (including phenoxy) is 1. The van der Waals surface area contributed by atoms with Crippen LogP contribution in [0.25, 0.3) is 0 Å². The van der Waals surface area contributed by atoms with Crippen molar-refractivity contribution in [3.63, 3.8) is 0 Å². The number of benzene rings is 2. The van der Waals surface area contributed by atoms with Crippen molar-refractivity contribution < 1.29 is 9.53 Å². The lowest BCUT2D eigenvalue weighted by Crippen LogP contribution is -2.38. The molecule has 1 heterocycles. The highest BCUT2D eigenvalue weighted by atomic mass is 16.5. The molecule has 0 spiro atoms. The highest BCUT2D eigenvalue weighted by molar-refractivity contribution is 5.77. The molecule has 1 amide bonds. The van der Waals surface area contributed by atoms with Crippen LogP contribution in [0.3, 0.4) is 0 Å². The van der Waals surface area contributed by atoms with Crippen LogP contribution in [0.1, 0.15) is 17.2 Å². The van der Waals surface area contributed by atoms with E-state index in [0.717, 1.165) is 18.7 Å². The van der Waals surface area contributed by atoms with Gasteiger partial charge in [-0.1, -0.05) is 30.3 Å². The predicted octanol–water partition coefficient (Wildman–Crippen LogP) is 2.62. The molecule has 3 rings (SSSR count). The maximum atomic E-state index is 11.9. The van der Waals surface area contributed by atoms with E-state index in [-0.39, 0.29) is 18.6 Å². The smallest absolute Gasteiger partial charge is 0.246 e. The third kappa shape index (κ3) is 3.99. The SMILES string of the molecule is COCC(=O)NC[C@H](c1ccc(N(C)C)cc1)N1CCc2ccccc21. The summed E-state index contributed by atoms with van der Waals surface area (Å²) in [5.41, 5.74) is 4.99. The highest BCUT2D eigenvalue weighted by Crippen LogP contribution is 2.35. The Morgan fingerprint density at radius 3 is 2.62 bits per heavy atom. The summed E-state index contributed by atoms with van der Waals surface area (Å²) >= 11 is 0. The number of methoxy groups -OCH3 is 1. The lowest BCUT2D eigenvalue weighted by molar-refractivity contribution is -0.124. The second-order valence-corrected chi connectivity index (χ2v) is 6.81. The van der Waals surface area contributed by atoms with Crippen molar-refractivity contribution in [3.05, 3.63) is 59.7 Å². The molecule has 0 aromatic heterocycles. The van der Waals surface area contributed by atoms with Crippen molar-refractivity contribution in [1.29, 1.82) is 0 Å². The number of amides is 1. The van der Waals surface area contributed by atoms with Crippen LogP contribution < -0.4 is 15.1 Å². The zero-order chi connectivity index (χ0) is 18.5. The number of hydrogen-bond acceptors (Lipinski definition) is 4. The summed E-state index contributed by atoms with van der Waals surface area (Å²) in [6.07, 6.45) is 1.04. The van der Waals surface area contributed by atoms with E-state index in [4.69, 9.17) is 4.74 Å². The van der Waals surface area contributed by atoms with Crippen LogP contribution >= 0.6 is 0 Å². The fraction of sp³-hybridized carbons (Fsp3) is 0.381. The van der Waals surface area contributed by atoms with Gasteiger partial charge in [0.2, 0.25) is 5.91 Å². The van der Waals surface area contributed by atoms with Crippen LogP contribution in [0.15, 0.2) is 48.5 Å². The number of rotatable bonds is 7. The minimum Gasteiger partial charge on any atom is -0.378 e. The maximum absolute atomic E-state index is 11.9. The molecule has 138 valence electrons. The number of hydrogen-bond donors (Lipinski definition) is 1. The summed E-state index contributed by atoms with van der Waals surface area (Å²) in [5.74, 6) is -0.0881. The molecule has 1 atom stereocenters. The molecule has 1 aliphatic heterocycles. The quantitative estimate of drug-likeness (QED) is 0.831. The minimum atomic E-state index is -0.0881. The number of fused-ring (bicyclic) bond motifs is 1. The second-order valence-electron chi connectivity index (χ2n) is 6.81. The van der Waals surface area contributed by atoms with Crippen molar-refractivity contribution >= 4 is 17.3 Å². The Hall–Kier alpha value is -2.53. The summed E-state index contributed by atoms with van der Waals surface area (Å²) in [6.45, 7) is 1.60. The van der Waals surface area contributed by atoms with Gasteiger partial charge in [-0.15, -0.1) is 0 Å². The Kier molecular flexibility index (Phi) is 5.78. The number of carbonyl (C=O) groups excluding carboxylic acids is 1. The predicted molar refractivity (Wildman–Crippen MR) is 106 cm³/mol. The van der Waals surface area contributed by atoms with Gasteiger partial charge in [0.1, 0.15) is 6.61 Å². The van der Waals surface area contributed by atoms with Crippen molar-refractivity contribution in [1.82, 2.24) is 5.32 Å². The topological polar surface area (TPSA) is 44.8 Å². The average Bonchev–Trinajstić information content (AvgIpc) is 3.07. The van der Waals surface area contributed by atoms with Gasteiger partial charge in [0, 0.05) is 45.7 Å². The minimum absolute atomic E-state index is 0.0862. The van der Waals surface area contributed by atoms with Gasteiger partial charge >= 0.3 is 0 Å². The summed E-state index contributed by atoms with van der Waals surface area (Å²) < 4.78 is 4.93. The van der Waals surface area contributed by atoms with Crippen LogP contribution in [-0.2, 0) is 16.0 Å². The first kappa shape index (κ1) is 18.3. The van der Waals surface area contributed by atoms with E-state index < -0.39 is 0 Å². The first-order chi connectivity index (χ1) is 12.6. The summed E-state index contributed by atoms with van der Waals surface area (Å²) in [7, 11) is 5.61. The lowest BCUT2D eigenvalue weighted by atomic mass is 10.0. The molecular weight excluding hydrogens is 326 g/mol. The number of para-hydroxylation sites is 1.